The number of thiazole rings is 1. The first kappa shape index (κ1) is 14.6. The Hall–Kier alpha value is -1.99. The van der Waals surface area contributed by atoms with Crippen LogP contribution in [-0.4, -0.2) is 37.2 Å². The number of carbonyl (C=O) groups is 1. The topological polar surface area (TPSA) is 54.5 Å². The maximum atomic E-state index is 13.6. The van der Waals surface area contributed by atoms with Gasteiger partial charge in [-0.25, -0.2) is 9.37 Å². The van der Waals surface area contributed by atoms with Crippen LogP contribution in [0.4, 0.5) is 15.3 Å². The highest BCUT2D eigenvalue weighted by Gasteiger charge is 2.31. The van der Waals surface area contributed by atoms with Crippen molar-refractivity contribution in [2.45, 2.75) is 12.3 Å². The fourth-order valence-electron chi connectivity index (χ4n) is 2.99. The van der Waals surface area contributed by atoms with E-state index in [4.69, 9.17) is 4.74 Å². The van der Waals surface area contributed by atoms with E-state index < -0.39 is 0 Å². The molecule has 0 bridgehead atoms. The number of rotatable bonds is 2. The number of anilines is 2. The highest BCUT2D eigenvalue weighted by Crippen LogP contribution is 2.43. The second-order valence-corrected chi connectivity index (χ2v) is 6.68. The Morgan fingerprint density at radius 3 is 2.96 bits per heavy atom. The van der Waals surface area contributed by atoms with E-state index in [0.717, 1.165) is 28.7 Å². The predicted octanol–water partition coefficient (Wildman–Crippen LogP) is 2.59. The molecule has 1 fully saturated rings. The lowest BCUT2D eigenvalue weighted by atomic mass is 9.91. The Morgan fingerprint density at radius 1 is 1.35 bits per heavy atom. The Labute approximate surface area is 137 Å². The average molecular weight is 333 g/mol. The van der Waals surface area contributed by atoms with E-state index in [-0.39, 0.29) is 17.6 Å². The summed E-state index contributed by atoms with van der Waals surface area (Å²) >= 11 is 1.57. The smallest absolute Gasteiger partial charge is 0.226 e. The number of nitrogens with zero attached hydrogens (tertiary/aromatic N) is 2. The molecule has 3 heterocycles. The Kier molecular flexibility index (Phi) is 3.74. The third-order valence-electron chi connectivity index (χ3n) is 4.14. The second-order valence-electron chi connectivity index (χ2n) is 5.67. The summed E-state index contributed by atoms with van der Waals surface area (Å²) in [5.41, 5.74) is 0.818. The molecule has 120 valence electrons. The molecule has 1 aromatic heterocycles. The highest BCUT2D eigenvalue weighted by atomic mass is 32.1. The summed E-state index contributed by atoms with van der Waals surface area (Å²) in [5, 5.41) is 3.73. The zero-order chi connectivity index (χ0) is 15.8. The lowest BCUT2D eigenvalue weighted by Crippen LogP contribution is -2.36. The predicted molar refractivity (Wildman–Crippen MR) is 86.6 cm³/mol. The van der Waals surface area contributed by atoms with Gasteiger partial charge in [-0.15, -0.1) is 0 Å². The Morgan fingerprint density at radius 2 is 2.17 bits per heavy atom. The van der Waals surface area contributed by atoms with Crippen molar-refractivity contribution < 1.29 is 13.9 Å². The molecule has 1 atom stereocenters. The van der Waals surface area contributed by atoms with E-state index >= 15 is 0 Å². The molecule has 2 aliphatic rings. The number of ether oxygens (including phenoxy) is 1. The molecule has 1 amide bonds. The van der Waals surface area contributed by atoms with Crippen molar-refractivity contribution in [2.24, 2.45) is 0 Å². The molecule has 2 aromatic rings. The SMILES string of the molecule is O=C1C[C@@H](c2cccc(F)c2)c2sc(N3CCOCC3)nc2N1. The van der Waals surface area contributed by atoms with E-state index in [2.05, 4.69) is 15.2 Å². The van der Waals surface area contributed by atoms with Gasteiger partial charge in [0, 0.05) is 25.4 Å². The van der Waals surface area contributed by atoms with Gasteiger partial charge in [-0.05, 0) is 17.7 Å². The van der Waals surface area contributed by atoms with Crippen molar-refractivity contribution in [1.82, 2.24) is 4.98 Å². The minimum Gasteiger partial charge on any atom is -0.378 e. The average Bonchev–Trinajstić information content (AvgIpc) is 2.98. The third-order valence-corrected chi connectivity index (χ3v) is 5.37. The zero-order valence-electron chi connectivity index (χ0n) is 12.4. The zero-order valence-corrected chi connectivity index (χ0v) is 13.2. The number of hydrogen-bond acceptors (Lipinski definition) is 5. The van der Waals surface area contributed by atoms with Crippen molar-refractivity contribution in [3.05, 3.63) is 40.5 Å². The molecule has 0 unspecified atom stereocenters. The van der Waals surface area contributed by atoms with Crippen LogP contribution in [0.15, 0.2) is 24.3 Å². The first-order chi connectivity index (χ1) is 11.2. The molecule has 1 aromatic carbocycles. The number of fused-ring (bicyclic) bond motifs is 1. The molecule has 0 saturated carbocycles. The molecule has 23 heavy (non-hydrogen) atoms. The van der Waals surface area contributed by atoms with E-state index in [1.165, 1.54) is 12.1 Å². The van der Waals surface area contributed by atoms with Gasteiger partial charge >= 0.3 is 0 Å². The van der Waals surface area contributed by atoms with E-state index in [1.807, 2.05) is 6.07 Å². The van der Waals surface area contributed by atoms with Crippen molar-refractivity contribution in [1.29, 1.82) is 0 Å². The minimum absolute atomic E-state index is 0.0782. The van der Waals surface area contributed by atoms with Gasteiger partial charge in [-0.1, -0.05) is 23.5 Å². The normalized spacial score (nSPS) is 21.0. The number of carbonyl (C=O) groups excluding carboxylic acids is 1. The van der Waals surface area contributed by atoms with Crippen molar-refractivity contribution >= 4 is 28.2 Å². The number of halogens is 1. The summed E-state index contributed by atoms with van der Waals surface area (Å²) < 4.78 is 18.9. The lowest BCUT2D eigenvalue weighted by molar-refractivity contribution is -0.116. The number of nitrogens with one attached hydrogen (secondary N) is 1. The standard InChI is InChI=1S/C16H16FN3O2S/c17-11-3-1-2-10(8-11)12-9-13(21)18-15-14(12)23-16(19-15)20-4-6-22-7-5-20/h1-3,8,12H,4-7,9H2,(H,18,21)/t12-/m0/s1. The molecule has 0 aliphatic carbocycles. The number of aromatic nitrogens is 1. The number of morpholine rings is 1. The molecule has 4 rings (SSSR count). The molecule has 0 radical (unpaired) electrons. The van der Waals surface area contributed by atoms with E-state index in [1.54, 1.807) is 17.4 Å². The van der Waals surface area contributed by atoms with Crippen LogP contribution in [0, 0.1) is 5.82 Å². The van der Waals surface area contributed by atoms with Gasteiger partial charge in [0.25, 0.3) is 0 Å². The summed E-state index contributed by atoms with van der Waals surface area (Å²) in [6, 6.07) is 6.46. The van der Waals surface area contributed by atoms with Crippen LogP contribution in [0.5, 0.6) is 0 Å². The van der Waals surface area contributed by atoms with E-state index in [0.29, 0.717) is 25.5 Å². The number of benzene rings is 1. The lowest BCUT2D eigenvalue weighted by Gasteiger charge is -2.26. The molecule has 1 saturated heterocycles. The van der Waals surface area contributed by atoms with Crippen molar-refractivity contribution in [2.75, 3.05) is 36.5 Å². The van der Waals surface area contributed by atoms with E-state index in [9.17, 15) is 9.18 Å². The fourth-order valence-corrected chi connectivity index (χ4v) is 4.19. The highest BCUT2D eigenvalue weighted by molar-refractivity contribution is 7.16. The molecule has 0 spiro atoms. The van der Waals surface area contributed by atoms with Gasteiger partial charge in [-0.2, -0.15) is 0 Å². The van der Waals surface area contributed by atoms with Crippen LogP contribution in [0.2, 0.25) is 0 Å². The Bertz CT molecular complexity index is 743. The maximum Gasteiger partial charge on any atom is 0.226 e. The molecule has 7 heteroatoms. The quantitative estimate of drug-likeness (QED) is 0.918. The largest absolute Gasteiger partial charge is 0.378 e. The van der Waals surface area contributed by atoms with Crippen LogP contribution < -0.4 is 10.2 Å². The summed E-state index contributed by atoms with van der Waals surface area (Å²) in [7, 11) is 0. The second kappa shape index (κ2) is 5.90. The number of amides is 1. The summed E-state index contributed by atoms with van der Waals surface area (Å²) in [6.45, 7) is 2.96. The first-order valence-corrected chi connectivity index (χ1v) is 8.41. The molecular weight excluding hydrogens is 317 g/mol. The maximum absolute atomic E-state index is 13.6. The number of hydrogen-bond donors (Lipinski definition) is 1. The van der Waals surface area contributed by atoms with Crippen LogP contribution >= 0.6 is 11.3 Å². The van der Waals surface area contributed by atoms with Gasteiger partial charge < -0.3 is 15.0 Å². The summed E-state index contributed by atoms with van der Waals surface area (Å²) in [4.78, 5) is 19.8. The molecule has 5 nitrogen and oxygen atoms in total. The van der Waals surface area contributed by atoms with Crippen molar-refractivity contribution in [3.63, 3.8) is 0 Å². The third kappa shape index (κ3) is 2.82. The first-order valence-electron chi connectivity index (χ1n) is 7.59. The minimum atomic E-state index is -0.284. The summed E-state index contributed by atoms with van der Waals surface area (Å²) in [6.07, 6.45) is 0.321. The monoisotopic (exact) mass is 333 g/mol. The Balaban J connectivity index is 1.71. The molecule has 1 N–H and O–H groups in total. The van der Waals surface area contributed by atoms with Gasteiger partial charge in [-0.3, -0.25) is 4.79 Å². The summed E-state index contributed by atoms with van der Waals surface area (Å²) in [5.74, 6) is 0.113. The van der Waals surface area contributed by atoms with Crippen LogP contribution in [-0.2, 0) is 9.53 Å². The van der Waals surface area contributed by atoms with Crippen molar-refractivity contribution in [3.8, 4) is 0 Å². The fraction of sp³-hybridized carbons (Fsp3) is 0.375. The van der Waals surface area contributed by atoms with Crippen LogP contribution in [0.3, 0.4) is 0 Å². The van der Waals surface area contributed by atoms with Gasteiger partial charge in [0.15, 0.2) is 5.13 Å². The van der Waals surface area contributed by atoms with Gasteiger partial charge in [0.05, 0.1) is 18.1 Å². The van der Waals surface area contributed by atoms with Gasteiger partial charge in [0.1, 0.15) is 11.6 Å². The van der Waals surface area contributed by atoms with Crippen LogP contribution in [0.25, 0.3) is 0 Å². The molecule has 2 aliphatic heterocycles. The van der Waals surface area contributed by atoms with Gasteiger partial charge in [0.2, 0.25) is 5.91 Å². The molecular formula is C16H16FN3O2S. The van der Waals surface area contributed by atoms with Crippen LogP contribution in [0.1, 0.15) is 22.8 Å².